The van der Waals surface area contributed by atoms with Crippen LogP contribution >= 0.6 is 11.8 Å². The van der Waals surface area contributed by atoms with E-state index in [4.69, 9.17) is 4.74 Å². The number of thioether (sulfide) groups is 1. The highest BCUT2D eigenvalue weighted by molar-refractivity contribution is 7.99. The van der Waals surface area contributed by atoms with Gasteiger partial charge in [-0.15, -0.1) is 11.8 Å². The summed E-state index contributed by atoms with van der Waals surface area (Å²) in [6, 6.07) is 4.82. The molecule has 0 amide bonds. The zero-order valence-corrected chi connectivity index (χ0v) is 9.68. The van der Waals surface area contributed by atoms with Gasteiger partial charge < -0.3 is 9.84 Å². The summed E-state index contributed by atoms with van der Waals surface area (Å²) >= 11 is 1.49. The van der Waals surface area contributed by atoms with Gasteiger partial charge in [-0.3, -0.25) is 0 Å². The van der Waals surface area contributed by atoms with Crippen molar-refractivity contribution in [2.45, 2.75) is 17.9 Å². The van der Waals surface area contributed by atoms with Crippen LogP contribution in [0.2, 0.25) is 0 Å². The first-order valence-electron chi connectivity index (χ1n) is 4.75. The molecule has 1 aromatic rings. The fourth-order valence-corrected chi connectivity index (χ4v) is 2.35. The van der Waals surface area contributed by atoms with Gasteiger partial charge in [0.1, 0.15) is 5.82 Å². The maximum atomic E-state index is 13.4. The lowest BCUT2D eigenvalue weighted by Gasteiger charge is -2.12. The lowest BCUT2D eigenvalue weighted by Crippen LogP contribution is -2.00. The quantitative estimate of drug-likeness (QED) is 0.623. The Morgan fingerprint density at radius 3 is 2.87 bits per heavy atom. The van der Waals surface area contributed by atoms with Gasteiger partial charge in [0, 0.05) is 23.3 Å². The van der Waals surface area contributed by atoms with Gasteiger partial charge in [-0.2, -0.15) is 0 Å². The van der Waals surface area contributed by atoms with Gasteiger partial charge in [0.2, 0.25) is 0 Å². The predicted molar refractivity (Wildman–Crippen MR) is 59.6 cm³/mol. The van der Waals surface area contributed by atoms with E-state index in [0.717, 1.165) is 10.6 Å². The van der Waals surface area contributed by atoms with Crippen molar-refractivity contribution in [3.05, 3.63) is 29.6 Å². The van der Waals surface area contributed by atoms with Crippen LogP contribution in [0.3, 0.4) is 0 Å². The van der Waals surface area contributed by atoms with Gasteiger partial charge >= 0.3 is 0 Å². The van der Waals surface area contributed by atoms with Crippen LogP contribution < -0.4 is 0 Å². The first kappa shape index (κ1) is 12.5. The molecule has 0 saturated carbocycles. The molecule has 15 heavy (non-hydrogen) atoms. The summed E-state index contributed by atoms with van der Waals surface area (Å²) in [5, 5.41) is 9.46. The summed E-state index contributed by atoms with van der Waals surface area (Å²) in [7, 11) is 1.63. The summed E-state index contributed by atoms with van der Waals surface area (Å²) < 4.78 is 18.3. The van der Waals surface area contributed by atoms with Crippen molar-refractivity contribution in [3.63, 3.8) is 0 Å². The van der Waals surface area contributed by atoms with E-state index in [1.54, 1.807) is 20.1 Å². The molecule has 84 valence electrons. The summed E-state index contributed by atoms with van der Waals surface area (Å²) in [5.41, 5.74) is 0.374. The van der Waals surface area contributed by atoms with Crippen molar-refractivity contribution < 1.29 is 14.2 Å². The number of hydrogen-bond acceptors (Lipinski definition) is 3. The summed E-state index contributed by atoms with van der Waals surface area (Å²) in [4.78, 5) is 0.780. The van der Waals surface area contributed by atoms with E-state index >= 15 is 0 Å². The molecular formula is C11H15FO2S. The number of hydrogen-bond donors (Lipinski definition) is 1. The molecule has 0 aliphatic rings. The minimum absolute atomic E-state index is 0.354. The van der Waals surface area contributed by atoms with Crippen LogP contribution in [0.1, 0.15) is 18.6 Å². The van der Waals surface area contributed by atoms with Crippen LogP contribution in [0, 0.1) is 5.82 Å². The number of benzene rings is 1. The first-order chi connectivity index (χ1) is 7.16. The van der Waals surface area contributed by atoms with Crippen molar-refractivity contribution in [2.24, 2.45) is 0 Å². The zero-order valence-electron chi connectivity index (χ0n) is 8.87. The largest absolute Gasteiger partial charge is 0.389 e. The van der Waals surface area contributed by atoms with Crippen LogP contribution in [-0.2, 0) is 4.74 Å². The van der Waals surface area contributed by atoms with Crippen LogP contribution in [0.25, 0.3) is 0 Å². The third-order valence-corrected chi connectivity index (χ3v) is 3.01. The Bertz CT molecular complexity index is 315. The maximum Gasteiger partial charge on any atom is 0.130 e. The molecule has 0 spiro atoms. The van der Waals surface area contributed by atoms with Crippen LogP contribution in [0.15, 0.2) is 23.1 Å². The smallest absolute Gasteiger partial charge is 0.130 e. The van der Waals surface area contributed by atoms with E-state index < -0.39 is 6.10 Å². The number of rotatable bonds is 5. The Hall–Kier alpha value is -0.580. The lowest BCUT2D eigenvalue weighted by atomic mass is 10.1. The topological polar surface area (TPSA) is 29.5 Å². The van der Waals surface area contributed by atoms with Crippen molar-refractivity contribution >= 4 is 11.8 Å². The van der Waals surface area contributed by atoms with E-state index in [1.807, 2.05) is 6.07 Å². The number of aliphatic hydroxyl groups excluding tert-OH is 1. The fraction of sp³-hybridized carbons (Fsp3) is 0.455. The van der Waals surface area contributed by atoms with Gasteiger partial charge in [-0.25, -0.2) is 4.39 Å². The molecule has 2 nitrogen and oxygen atoms in total. The highest BCUT2D eigenvalue weighted by Gasteiger charge is 2.13. The first-order valence-corrected chi connectivity index (χ1v) is 5.73. The number of methoxy groups -OCH3 is 1. The molecule has 0 aliphatic heterocycles. The molecule has 0 aromatic heterocycles. The SMILES string of the molecule is COCCSc1cccc(F)c1C(C)O. The number of halogens is 1. The van der Waals surface area contributed by atoms with Crippen molar-refractivity contribution in [3.8, 4) is 0 Å². The molecule has 0 radical (unpaired) electrons. The molecule has 1 N–H and O–H groups in total. The van der Waals surface area contributed by atoms with Crippen molar-refractivity contribution in [2.75, 3.05) is 19.5 Å². The highest BCUT2D eigenvalue weighted by Crippen LogP contribution is 2.29. The van der Waals surface area contributed by atoms with E-state index in [2.05, 4.69) is 0 Å². The normalized spacial score (nSPS) is 12.8. The van der Waals surface area contributed by atoms with Crippen molar-refractivity contribution in [1.29, 1.82) is 0 Å². The molecule has 0 bridgehead atoms. The Morgan fingerprint density at radius 1 is 1.53 bits per heavy atom. The lowest BCUT2D eigenvalue weighted by molar-refractivity contribution is 0.191. The second kappa shape index (κ2) is 6.10. The van der Waals surface area contributed by atoms with Gasteiger partial charge in [0.25, 0.3) is 0 Å². The summed E-state index contributed by atoms with van der Waals surface area (Å²) in [5.74, 6) is 0.395. The number of ether oxygens (including phenoxy) is 1. The van der Waals surface area contributed by atoms with Crippen LogP contribution in [-0.4, -0.2) is 24.6 Å². The summed E-state index contributed by atoms with van der Waals surface area (Å²) in [6.07, 6.45) is -0.781. The third-order valence-electron chi connectivity index (χ3n) is 1.98. The molecule has 0 fully saturated rings. The van der Waals surface area contributed by atoms with E-state index in [1.165, 1.54) is 17.8 Å². The fourth-order valence-electron chi connectivity index (χ4n) is 1.28. The third kappa shape index (κ3) is 3.48. The average molecular weight is 230 g/mol. The minimum Gasteiger partial charge on any atom is -0.389 e. The van der Waals surface area contributed by atoms with Gasteiger partial charge in [0.05, 0.1) is 12.7 Å². The Morgan fingerprint density at radius 2 is 2.27 bits per heavy atom. The van der Waals surface area contributed by atoms with Crippen LogP contribution in [0.5, 0.6) is 0 Å². The second-order valence-corrected chi connectivity index (χ2v) is 4.31. The molecule has 1 unspecified atom stereocenters. The molecular weight excluding hydrogens is 215 g/mol. The Kier molecular flexibility index (Phi) is 5.08. The molecule has 0 aliphatic carbocycles. The average Bonchev–Trinajstić information content (AvgIpc) is 2.17. The predicted octanol–water partition coefficient (Wildman–Crippen LogP) is 2.62. The van der Waals surface area contributed by atoms with E-state index in [0.29, 0.717) is 12.2 Å². The molecule has 0 heterocycles. The van der Waals surface area contributed by atoms with Crippen molar-refractivity contribution in [1.82, 2.24) is 0 Å². The van der Waals surface area contributed by atoms with Gasteiger partial charge in [-0.1, -0.05) is 6.07 Å². The molecule has 1 atom stereocenters. The molecule has 1 aromatic carbocycles. The standard InChI is InChI=1S/C11H15FO2S/c1-8(13)11-9(12)4-3-5-10(11)15-7-6-14-2/h3-5,8,13H,6-7H2,1-2H3. The summed E-state index contributed by atoms with van der Waals surface area (Å²) in [6.45, 7) is 2.18. The molecule has 1 rings (SSSR count). The maximum absolute atomic E-state index is 13.4. The molecule has 0 saturated heterocycles. The van der Waals surface area contributed by atoms with Gasteiger partial charge in [0.15, 0.2) is 0 Å². The van der Waals surface area contributed by atoms with E-state index in [-0.39, 0.29) is 5.82 Å². The molecule has 4 heteroatoms. The van der Waals surface area contributed by atoms with E-state index in [9.17, 15) is 9.50 Å². The second-order valence-electron chi connectivity index (χ2n) is 3.17. The highest BCUT2D eigenvalue weighted by atomic mass is 32.2. The van der Waals surface area contributed by atoms with Gasteiger partial charge in [-0.05, 0) is 19.1 Å². The zero-order chi connectivity index (χ0) is 11.3. The monoisotopic (exact) mass is 230 g/mol. The minimum atomic E-state index is -0.781. The van der Waals surface area contributed by atoms with Crippen LogP contribution in [0.4, 0.5) is 4.39 Å². The number of aliphatic hydroxyl groups is 1. The Labute approximate surface area is 93.5 Å². The Balaban J connectivity index is 2.81.